The van der Waals surface area contributed by atoms with Crippen LogP contribution in [0.3, 0.4) is 0 Å². The molecule has 1 unspecified atom stereocenters. The predicted molar refractivity (Wildman–Crippen MR) is 136 cm³/mol. The first-order valence-electron chi connectivity index (χ1n) is 10.9. The van der Waals surface area contributed by atoms with Gasteiger partial charge in [-0.05, 0) is 29.8 Å². The normalized spacial score (nSPS) is 11.9. The Kier molecular flexibility index (Phi) is 9.41. The lowest BCUT2D eigenvalue weighted by atomic mass is 10.2. The molecule has 4 rings (SSSR count). The van der Waals surface area contributed by atoms with Crippen molar-refractivity contribution in [3.05, 3.63) is 81.9 Å². The fourth-order valence-corrected chi connectivity index (χ4v) is 4.25. The van der Waals surface area contributed by atoms with Crippen molar-refractivity contribution in [3.8, 4) is 5.75 Å². The number of H-pyrrole nitrogens is 1. The lowest BCUT2D eigenvalue weighted by Gasteiger charge is -2.18. The Labute approximate surface area is 217 Å². The fraction of sp³-hybridized carbons (Fsp3) is 0.217. The quantitative estimate of drug-likeness (QED) is 0.0873. The van der Waals surface area contributed by atoms with Gasteiger partial charge in [-0.2, -0.15) is 4.98 Å². The van der Waals surface area contributed by atoms with Crippen LogP contribution in [0.5, 0.6) is 5.75 Å². The topological polar surface area (TPSA) is 153 Å². The molecule has 0 spiro atoms. The summed E-state index contributed by atoms with van der Waals surface area (Å²) in [5.41, 5.74) is 6.59. The van der Waals surface area contributed by atoms with Crippen LogP contribution in [-0.4, -0.2) is 45.4 Å². The second-order valence-electron chi connectivity index (χ2n) is 7.39. The molecule has 1 atom stereocenters. The number of carbonyl (C=O) groups excluding carboxylic acids is 1. The van der Waals surface area contributed by atoms with Crippen molar-refractivity contribution in [2.45, 2.75) is 13.2 Å². The highest BCUT2D eigenvalue weighted by atomic mass is 35.5. The summed E-state index contributed by atoms with van der Waals surface area (Å²) < 4.78 is 28.9. The van der Waals surface area contributed by atoms with Crippen molar-refractivity contribution in [2.24, 2.45) is 0 Å². The van der Waals surface area contributed by atoms with Crippen LogP contribution in [0.1, 0.15) is 5.56 Å². The number of fused-ring (bicyclic) bond motifs is 1. The van der Waals surface area contributed by atoms with E-state index >= 15 is 0 Å². The molecule has 0 aliphatic carbocycles. The molecule has 0 aliphatic rings. The molecule has 0 aliphatic heterocycles. The van der Waals surface area contributed by atoms with E-state index in [-0.39, 0.29) is 31.0 Å². The van der Waals surface area contributed by atoms with E-state index in [1.165, 1.54) is 6.33 Å². The maximum absolute atomic E-state index is 11.9. The molecule has 0 fully saturated rings. The number of rotatable bonds is 12. The van der Waals surface area contributed by atoms with Gasteiger partial charge < -0.3 is 29.0 Å². The highest BCUT2D eigenvalue weighted by Crippen LogP contribution is 2.39. The lowest BCUT2D eigenvalue weighted by Crippen LogP contribution is -2.14. The van der Waals surface area contributed by atoms with E-state index in [0.29, 0.717) is 23.0 Å². The SMILES string of the molecule is Nc1nc2c(ncn2CCOCP(OCOC(=O)Oc2ccccc2)OCc2cccc(Cl)c2)c(=O)[nH]1. The largest absolute Gasteiger partial charge is 0.515 e. The van der Waals surface area contributed by atoms with Gasteiger partial charge in [0.1, 0.15) is 12.1 Å². The molecule has 0 bridgehead atoms. The zero-order chi connectivity index (χ0) is 26.0. The third-order valence-corrected chi connectivity index (χ3v) is 6.19. The van der Waals surface area contributed by atoms with Gasteiger partial charge in [0.2, 0.25) is 21.1 Å². The summed E-state index contributed by atoms with van der Waals surface area (Å²) in [6, 6.07) is 15.7. The number of imidazole rings is 1. The molecular formula is C23H23ClN5O7P. The number of carbonyl (C=O) groups is 1. The van der Waals surface area contributed by atoms with Gasteiger partial charge in [-0.3, -0.25) is 14.3 Å². The highest BCUT2D eigenvalue weighted by molar-refractivity contribution is 7.46. The number of aromatic nitrogens is 4. The minimum absolute atomic E-state index is 0.00250. The van der Waals surface area contributed by atoms with E-state index < -0.39 is 26.9 Å². The predicted octanol–water partition coefficient (Wildman–Crippen LogP) is 4.05. The molecule has 37 heavy (non-hydrogen) atoms. The Balaban J connectivity index is 1.29. The second kappa shape index (κ2) is 13.1. The number of nitrogens with zero attached hydrogens (tertiary/aromatic N) is 3. The number of nitrogens with two attached hydrogens (primary N) is 1. The number of anilines is 1. The molecule has 12 nitrogen and oxygen atoms in total. The molecule has 2 heterocycles. The van der Waals surface area contributed by atoms with Gasteiger partial charge in [0.15, 0.2) is 11.2 Å². The molecule has 2 aromatic carbocycles. The van der Waals surface area contributed by atoms with Crippen molar-refractivity contribution in [1.29, 1.82) is 0 Å². The van der Waals surface area contributed by atoms with E-state index in [2.05, 4.69) is 15.0 Å². The Morgan fingerprint density at radius 3 is 2.78 bits per heavy atom. The van der Waals surface area contributed by atoms with Gasteiger partial charge in [0.05, 0.1) is 19.5 Å². The molecule has 14 heteroatoms. The summed E-state index contributed by atoms with van der Waals surface area (Å²) in [6.45, 7) is 0.403. The third kappa shape index (κ3) is 7.97. The zero-order valence-corrected chi connectivity index (χ0v) is 21.1. The molecule has 194 valence electrons. The van der Waals surface area contributed by atoms with E-state index in [1.54, 1.807) is 47.0 Å². The first kappa shape index (κ1) is 26.5. The highest BCUT2D eigenvalue weighted by Gasteiger charge is 2.15. The Morgan fingerprint density at radius 1 is 1.14 bits per heavy atom. The van der Waals surface area contributed by atoms with Gasteiger partial charge >= 0.3 is 6.16 Å². The average molecular weight is 548 g/mol. The first-order chi connectivity index (χ1) is 18.0. The van der Waals surface area contributed by atoms with Gasteiger partial charge in [-0.1, -0.05) is 41.9 Å². The van der Waals surface area contributed by atoms with Crippen molar-refractivity contribution in [2.75, 3.05) is 25.5 Å². The van der Waals surface area contributed by atoms with Crippen LogP contribution in [0.4, 0.5) is 10.7 Å². The van der Waals surface area contributed by atoms with E-state index in [4.69, 9.17) is 40.6 Å². The summed E-state index contributed by atoms with van der Waals surface area (Å²) >= 11 is 6.04. The van der Waals surface area contributed by atoms with Crippen molar-refractivity contribution in [3.63, 3.8) is 0 Å². The Morgan fingerprint density at radius 2 is 1.97 bits per heavy atom. The van der Waals surface area contributed by atoms with Crippen LogP contribution in [0.15, 0.2) is 65.7 Å². The minimum Gasteiger partial charge on any atom is -0.406 e. The minimum atomic E-state index is -1.61. The van der Waals surface area contributed by atoms with E-state index in [9.17, 15) is 9.59 Å². The van der Waals surface area contributed by atoms with E-state index in [1.807, 2.05) is 12.1 Å². The third-order valence-electron chi connectivity index (χ3n) is 4.75. The Bertz CT molecular complexity index is 1380. The first-order valence-corrected chi connectivity index (χ1v) is 12.7. The number of para-hydroxylation sites is 1. The number of hydrogen-bond donors (Lipinski definition) is 2. The van der Waals surface area contributed by atoms with Crippen LogP contribution in [-0.2, 0) is 31.7 Å². The van der Waals surface area contributed by atoms with Gasteiger partial charge in [-0.15, -0.1) is 0 Å². The molecule has 4 aromatic rings. The molecule has 0 radical (unpaired) electrons. The standard InChI is InChI=1S/C23H23ClN5O7P/c24-17-6-4-5-16(11-17)12-34-37(35-14-33-23(31)36-18-7-2-1-3-8-18)15-32-10-9-29-13-26-19-20(29)27-22(25)28-21(19)30/h1-8,11,13H,9-10,12,14-15H2,(H3,25,27,28,30). The summed E-state index contributed by atoms with van der Waals surface area (Å²) in [5.74, 6) is 0.345. The molecule has 0 saturated carbocycles. The summed E-state index contributed by atoms with van der Waals surface area (Å²) in [6.07, 6.45) is 0.651. The van der Waals surface area contributed by atoms with Crippen LogP contribution in [0, 0.1) is 0 Å². The van der Waals surface area contributed by atoms with Crippen molar-refractivity contribution >= 4 is 43.2 Å². The maximum Gasteiger partial charge on any atom is 0.515 e. The van der Waals surface area contributed by atoms with Gasteiger partial charge in [0.25, 0.3) is 5.56 Å². The Hall–Kier alpha value is -3.54. The smallest absolute Gasteiger partial charge is 0.406 e. The average Bonchev–Trinajstić information content (AvgIpc) is 3.28. The molecule has 0 saturated heterocycles. The molecule has 3 N–H and O–H groups in total. The molecule has 2 aromatic heterocycles. The van der Waals surface area contributed by atoms with Crippen LogP contribution in [0.2, 0.25) is 5.02 Å². The molecule has 0 amide bonds. The van der Waals surface area contributed by atoms with E-state index in [0.717, 1.165) is 5.56 Å². The number of hydrogen-bond acceptors (Lipinski definition) is 10. The van der Waals surface area contributed by atoms with Crippen LogP contribution in [0.25, 0.3) is 11.2 Å². The number of benzene rings is 2. The monoisotopic (exact) mass is 547 g/mol. The van der Waals surface area contributed by atoms with Crippen molar-refractivity contribution in [1.82, 2.24) is 19.5 Å². The van der Waals surface area contributed by atoms with Crippen LogP contribution < -0.4 is 16.0 Å². The number of aromatic amines is 1. The fourth-order valence-electron chi connectivity index (χ4n) is 3.07. The number of nitrogens with one attached hydrogen (secondary N) is 1. The number of nitrogen functional groups attached to an aromatic ring is 1. The second-order valence-corrected chi connectivity index (χ2v) is 9.27. The number of halogens is 1. The van der Waals surface area contributed by atoms with Gasteiger partial charge in [-0.25, -0.2) is 9.78 Å². The lowest BCUT2D eigenvalue weighted by molar-refractivity contribution is 0.0244. The maximum atomic E-state index is 11.9. The molecular weight excluding hydrogens is 525 g/mol. The van der Waals surface area contributed by atoms with Crippen LogP contribution >= 0.6 is 20.0 Å². The summed E-state index contributed by atoms with van der Waals surface area (Å²) in [5, 5.41) is 0.579. The van der Waals surface area contributed by atoms with Crippen molar-refractivity contribution < 1.29 is 28.1 Å². The summed E-state index contributed by atoms with van der Waals surface area (Å²) in [4.78, 5) is 34.4. The number of ether oxygens (including phenoxy) is 3. The summed E-state index contributed by atoms with van der Waals surface area (Å²) in [7, 11) is -1.61. The zero-order valence-electron chi connectivity index (χ0n) is 19.4. The van der Waals surface area contributed by atoms with Gasteiger partial charge in [0, 0.05) is 11.6 Å².